The first-order valence-electron chi connectivity index (χ1n) is 4.07. The van der Waals surface area contributed by atoms with E-state index in [0.29, 0.717) is 0 Å². The first-order valence-corrected chi connectivity index (χ1v) is 4.07. The van der Waals surface area contributed by atoms with E-state index in [1.165, 1.54) is 0 Å². The van der Waals surface area contributed by atoms with E-state index in [0.717, 1.165) is 12.1 Å². The molecule has 84 valence electrons. The number of hydrogen-bond acceptors (Lipinski definition) is 7. The lowest BCUT2D eigenvalue weighted by molar-refractivity contribution is -0.386. The lowest BCUT2D eigenvalue weighted by Crippen LogP contribution is -2.00. The summed E-state index contributed by atoms with van der Waals surface area (Å²) in [5, 5.41) is 28.5. The van der Waals surface area contributed by atoms with E-state index in [2.05, 4.69) is 8.83 Å². The normalized spacial score (nSPS) is 11.2. The van der Waals surface area contributed by atoms with Gasteiger partial charge in [0.2, 0.25) is 0 Å². The van der Waals surface area contributed by atoms with Gasteiger partial charge in [-0.25, -0.2) is 4.79 Å². The number of fused-ring (bicyclic) bond motifs is 1. The van der Waals surface area contributed by atoms with Gasteiger partial charge in [0.05, 0.1) is 16.6 Å². The van der Waals surface area contributed by atoms with Crippen molar-refractivity contribution in [3.05, 3.63) is 38.4 Å². The van der Waals surface area contributed by atoms with Crippen molar-refractivity contribution in [2.45, 2.75) is 6.29 Å². The minimum atomic E-state index is -2.04. The smallest absolute Gasteiger partial charge is 0.391 e. The minimum Gasteiger partial charge on any atom is -0.391 e. The maximum atomic E-state index is 10.7. The van der Waals surface area contributed by atoms with Crippen LogP contribution in [0.5, 0.6) is 0 Å². The molecule has 2 N–H and O–H groups in total. The average Bonchev–Trinajstić information content (AvgIpc) is 2.54. The Hall–Kier alpha value is -2.19. The van der Waals surface area contributed by atoms with Gasteiger partial charge in [-0.2, -0.15) is 0 Å². The van der Waals surface area contributed by atoms with Gasteiger partial charge in [-0.1, -0.05) is 0 Å². The molecule has 2 rings (SSSR count). The highest BCUT2D eigenvalue weighted by atomic mass is 16.6. The van der Waals surface area contributed by atoms with Gasteiger partial charge in [0.25, 0.3) is 5.69 Å². The second-order valence-electron chi connectivity index (χ2n) is 2.94. The molecule has 0 atom stereocenters. The SMILES string of the molecule is O=c1oc2cc(C(O)O)c([N+](=O)[O-])cc2o1. The van der Waals surface area contributed by atoms with E-state index in [4.69, 9.17) is 10.2 Å². The fraction of sp³-hybridized carbons (Fsp3) is 0.125. The highest BCUT2D eigenvalue weighted by Crippen LogP contribution is 2.28. The second-order valence-corrected chi connectivity index (χ2v) is 2.94. The van der Waals surface area contributed by atoms with Crippen molar-refractivity contribution in [3.8, 4) is 0 Å². The Kier molecular flexibility index (Phi) is 2.22. The number of nitro groups is 1. The number of aliphatic hydroxyl groups is 2. The molecule has 0 radical (unpaired) electrons. The predicted octanol–water partition coefficient (Wildman–Crippen LogP) is 0.277. The van der Waals surface area contributed by atoms with Crippen LogP contribution in [-0.2, 0) is 0 Å². The summed E-state index contributed by atoms with van der Waals surface area (Å²) in [7, 11) is 0. The van der Waals surface area contributed by atoms with Crippen LogP contribution >= 0.6 is 0 Å². The highest BCUT2D eigenvalue weighted by molar-refractivity contribution is 5.75. The number of nitro benzene ring substituents is 1. The Morgan fingerprint density at radius 1 is 1.25 bits per heavy atom. The number of rotatable bonds is 2. The van der Waals surface area contributed by atoms with Crippen LogP contribution in [0.4, 0.5) is 5.69 Å². The van der Waals surface area contributed by atoms with Crippen molar-refractivity contribution in [1.29, 1.82) is 0 Å². The zero-order valence-electron chi connectivity index (χ0n) is 7.61. The Bertz CT molecular complexity index is 608. The summed E-state index contributed by atoms with van der Waals surface area (Å²) in [6.45, 7) is 0. The fourth-order valence-corrected chi connectivity index (χ4v) is 1.29. The van der Waals surface area contributed by atoms with Crippen molar-refractivity contribution < 1.29 is 24.0 Å². The number of benzene rings is 1. The van der Waals surface area contributed by atoms with Crippen molar-refractivity contribution in [2.24, 2.45) is 0 Å². The van der Waals surface area contributed by atoms with Crippen molar-refractivity contribution in [1.82, 2.24) is 0 Å². The van der Waals surface area contributed by atoms with Crippen LogP contribution in [0.1, 0.15) is 11.9 Å². The van der Waals surface area contributed by atoms with Gasteiger partial charge in [-0.05, 0) is 0 Å². The molecule has 0 unspecified atom stereocenters. The van der Waals surface area contributed by atoms with Gasteiger partial charge in [-0.15, -0.1) is 0 Å². The molecule has 8 heteroatoms. The Labute approximate surface area is 86.5 Å². The molecule has 0 saturated carbocycles. The topological polar surface area (TPSA) is 127 Å². The molecular formula is C8H5NO7. The van der Waals surface area contributed by atoms with Crippen LogP contribution < -0.4 is 5.82 Å². The maximum absolute atomic E-state index is 10.7. The molecule has 1 heterocycles. The van der Waals surface area contributed by atoms with Gasteiger partial charge in [-0.3, -0.25) is 10.1 Å². The molecule has 0 amide bonds. The zero-order chi connectivity index (χ0) is 11.9. The largest absolute Gasteiger partial charge is 0.519 e. The van der Waals surface area contributed by atoms with Crippen LogP contribution in [0.3, 0.4) is 0 Å². The Morgan fingerprint density at radius 3 is 2.31 bits per heavy atom. The molecule has 8 nitrogen and oxygen atoms in total. The molecule has 1 aromatic carbocycles. The standard InChI is InChI=1S/C8H5NO7/c10-7(11)3-1-5-6(16-8(12)15-5)2-4(3)9(13)14/h1-2,7,10-11H. The van der Waals surface area contributed by atoms with Gasteiger partial charge in [0, 0.05) is 6.07 Å². The first-order chi connectivity index (χ1) is 7.49. The molecule has 16 heavy (non-hydrogen) atoms. The Balaban J connectivity index is 2.80. The molecule has 0 fully saturated rings. The molecule has 0 saturated heterocycles. The first kappa shape index (κ1) is 10.3. The molecule has 1 aromatic heterocycles. The molecule has 0 aliphatic rings. The van der Waals surface area contributed by atoms with Crippen LogP contribution in [0.2, 0.25) is 0 Å². The quantitative estimate of drug-likeness (QED) is 0.428. The summed E-state index contributed by atoms with van der Waals surface area (Å²) in [5.74, 6) is -1.02. The summed E-state index contributed by atoms with van der Waals surface area (Å²) in [6.07, 6.45) is -2.04. The summed E-state index contributed by atoms with van der Waals surface area (Å²) >= 11 is 0. The number of aliphatic hydroxyl groups excluding tert-OH is 1. The lowest BCUT2D eigenvalue weighted by Gasteiger charge is -2.03. The van der Waals surface area contributed by atoms with Crippen LogP contribution in [-0.4, -0.2) is 15.1 Å². The van der Waals surface area contributed by atoms with Gasteiger partial charge in [0.1, 0.15) is 0 Å². The van der Waals surface area contributed by atoms with E-state index in [1.54, 1.807) is 0 Å². The van der Waals surface area contributed by atoms with Crippen LogP contribution in [0, 0.1) is 10.1 Å². The minimum absolute atomic E-state index is 0.0845. The van der Waals surface area contributed by atoms with Crippen molar-refractivity contribution in [2.75, 3.05) is 0 Å². The number of nitrogens with zero attached hydrogens (tertiary/aromatic N) is 1. The van der Waals surface area contributed by atoms with Crippen molar-refractivity contribution >= 4 is 16.9 Å². The monoisotopic (exact) mass is 227 g/mol. The second kappa shape index (κ2) is 3.43. The van der Waals surface area contributed by atoms with Crippen LogP contribution in [0.15, 0.2) is 25.8 Å². The summed E-state index contributed by atoms with van der Waals surface area (Å²) in [4.78, 5) is 20.5. The third-order valence-corrected chi connectivity index (χ3v) is 1.95. The summed E-state index contributed by atoms with van der Waals surface area (Å²) in [6, 6.07) is 1.87. The molecule has 2 aromatic rings. The molecule has 0 bridgehead atoms. The van der Waals surface area contributed by atoms with E-state index >= 15 is 0 Å². The van der Waals surface area contributed by atoms with E-state index in [1.807, 2.05) is 0 Å². The van der Waals surface area contributed by atoms with Gasteiger partial charge < -0.3 is 19.0 Å². The zero-order valence-corrected chi connectivity index (χ0v) is 7.61. The Morgan fingerprint density at radius 2 is 1.81 bits per heavy atom. The van der Waals surface area contributed by atoms with Crippen LogP contribution in [0.25, 0.3) is 11.2 Å². The third kappa shape index (κ3) is 1.55. The van der Waals surface area contributed by atoms with Gasteiger partial charge >= 0.3 is 5.82 Å². The lowest BCUT2D eigenvalue weighted by atomic mass is 10.1. The third-order valence-electron chi connectivity index (χ3n) is 1.95. The summed E-state index contributed by atoms with van der Waals surface area (Å²) < 4.78 is 9.03. The molecule has 0 aliphatic carbocycles. The maximum Gasteiger partial charge on any atom is 0.519 e. The number of hydrogen-bond donors (Lipinski definition) is 2. The van der Waals surface area contributed by atoms with Gasteiger partial charge in [0.15, 0.2) is 17.5 Å². The molecule has 0 spiro atoms. The van der Waals surface area contributed by atoms with E-state index in [9.17, 15) is 14.9 Å². The molecular weight excluding hydrogens is 222 g/mol. The van der Waals surface area contributed by atoms with Crippen molar-refractivity contribution in [3.63, 3.8) is 0 Å². The fourth-order valence-electron chi connectivity index (χ4n) is 1.29. The average molecular weight is 227 g/mol. The van der Waals surface area contributed by atoms with E-state index < -0.39 is 22.7 Å². The van der Waals surface area contributed by atoms with E-state index in [-0.39, 0.29) is 16.7 Å². The summed E-state index contributed by atoms with van der Waals surface area (Å²) in [5.41, 5.74) is -1.14. The highest BCUT2D eigenvalue weighted by Gasteiger charge is 2.22. The predicted molar refractivity (Wildman–Crippen MR) is 48.6 cm³/mol. The molecule has 0 aliphatic heterocycles.